The molecule has 0 aliphatic rings. The van der Waals surface area contributed by atoms with E-state index in [1.807, 2.05) is 37.3 Å². The minimum absolute atomic E-state index is 0.0707. The van der Waals surface area contributed by atoms with Crippen LogP contribution in [0.4, 0.5) is 13.2 Å². The number of nitrogens with zero attached hydrogens (tertiary/aromatic N) is 1. The normalized spacial score (nSPS) is 12.2. The lowest BCUT2D eigenvalue weighted by Crippen LogP contribution is -2.20. The first-order chi connectivity index (χ1) is 16.1. The van der Waals surface area contributed by atoms with Gasteiger partial charge in [-0.15, -0.1) is 0 Å². The van der Waals surface area contributed by atoms with Gasteiger partial charge in [-0.1, -0.05) is 12.1 Å². The molecule has 0 radical (unpaired) electrons. The standard InChI is InChI=1S/C26H21F3N2O3/c1-15(30-31-25(33)18-4-7-21(8-5-18)26(27,28)29)11-17-3-9-23(32)22(13-17)19-6-10-24-20(14-19)12-16(2)34-24/h3-10,12-14,32H,11H2,1-2H3,(H,31,33). The third kappa shape index (κ3) is 5.11. The summed E-state index contributed by atoms with van der Waals surface area (Å²) in [7, 11) is 0. The first-order valence-electron chi connectivity index (χ1n) is 10.4. The Morgan fingerprint density at radius 2 is 1.76 bits per heavy atom. The minimum Gasteiger partial charge on any atom is -0.507 e. The lowest BCUT2D eigenvalue weighted by atomic mass is 9.99. The maximum absolute atomic E-state index is 12.7. The summed E-state index contributed by atoms with van der Waals surface area (Å²) in [6.45, 7) is 3.59. The zero-order valence-corrected chi connectivity index (χ0v) is 18.4. The van der Waals surface area contributed by atoms with Gasteiger partial charge in [0.15, 0.2) is 0 Å². The van der Waals surface area contributed by atoms with Crippen molar-refractivity contribution in [1.29, 1.82) is 0 Å². The molecule has 3 aromatic carbocycles. The third-order valence-corrected chi connectivity index (χ3v) is 5.29. The van der Waals surface area contributed by atoms with Crippen LogP contribution in [0.2, 0.25) is 0 Å². The molecule has 0 aliphatic heterocycles. The van der Waals surface area contributed by atoms with Gasteiger partial charge < -0.3 is 9.52 Å². The Morgan fingerprint density at radius 1 is 1.03 bits per heavy atom. The van der Waals surface area contributed by atoms with E-state index in [4.69, 9.17) is 4.42 Å². The van der Waals surface area contributed by atoms with Crippen molar-refractivity contribution in [3.8, 4) is 16.9 Å². The van der Waals surface area contributed by atoms with Crippen LogP contribution in [0.1, 0.15) is 34.2 Å². The second-order valence-corrected chi connectivity index (χ2v) is 8.00. The average Bonchev–Trinajstić information content (AvgIpc) is 3.17. The zero-order chi connectivity index (χ0) is 24.5. The number of hydrogen-bond acceptors (Lipinski definition) is 4. The number of benzene rings is 3. The van der Waals surface area contributed by atoms with Crippen LogP contribution in [0.3, 0.4) is 0 Å². The molecule has 0 unspecified atom stereocenters. The smallest absolute Gasteiger partial charge is 0.416 e. The molecule has 1 amide bonds. The first kappa shape index (κ1) is 23.1. The number of aryl methyl sites for hydroxylation is 1. The third-order valence-electron chi connectivity index (χ3n) is 5.29. The lowest BCUT2D eigenvalue weighted by Gasteiger charge is -2.09. The number of carbonyl (C=O) groups excluding carboxylic acids is 1. The number of amides is 1. The molecule has 2 N–H and O–H groups in total. The highest BCUT2D eigenvalue weighted by molar-refractivity contribution is 5.95. The van der Waals surface area contributed by atoms with E-state index < -0.39 is 17.6 Å². The average molecular weight is 466 g/mol. The second kappa shape index (κ2) is 9.05. The maximum atomic E-state index is 12.7. The fraction of sp³-hybridized carbons (Fsp3) is 0.154. The fourth-order valence-electron chi connectivity index (χ4n) is 3.62. The van der Waals surface area contributed by atoms with E-state index in [2.05, 4.69) is 10.5 Å². The van der Waals surface area contributed by atoms with Gasteiger partial charge >= 0.3 is 6.18 Å². The molecule has 0 saturated carbocycles. The van der Waals surface area contributed by atoms with Gasteiger partial charge in [-0.3, -0.25) is 4.79 Å². The molecule has 4 aromatic rings. The monoisotopic (exact) mass is 466 g/mol. The lowest BCUT2D eigenvalue weighted by molar-refractivity contribution is -0.137. The Hall–Kier alpha value is -4.07. The van der Waals surface area contributed by atoms with E-state index in [9.17, 15) is 23.1 Å². The quantitative estimate of drug-likeness (QED) is 0.261. The van der Waals surface area contributed by atoms with Crippen LogP contribution in [-0.2, 0) is 12.6 Å². The number of aromatic hydroxyl groups is 1. The van der Waals surface area contributed by atoms with E-state index in [0.717, 1.165) is 52.1 Å². The van der Waals surface area contributed by atoms with Crippen LogP contribution >= 0.6 is 0 Å². The Bertz CT molecular complexity index is 1390. The molecule has 5 nitrogen and oxygen atoms in total. The highest BCUT2D eigenvalue weighted by Crippen LogP contribution is 2.33. The molecular formula is C26H21F3N2O3. The predicted molar refractivity (Wildman–Crippen MR) is 124 cm³/mol. The van der Waals surface area contributed by atoms with Crippen molar-refractivity contribution in [2.45, 2.75) is 26.4 Å². The van der Waals surface area contributed by atoms with Crippen LogP contribution in [-0.4, -0.2) is 16.7 Å². The summed E-state index contributed by atoms with van der Waals surface area (Å²) >= 11 is 0. The minimum atomic E-state index is -4.46. The van der Waals surface area contributed by atoms with Crippen LogP contribution in [0.15, 0.2) is 76.2 Å². The number of fused-ring (bicyclic) bond motifs is 1. The zero-order valence-electron chi connectivity index (χ0n) is 18.4. The van der Waals surface area contributed by atoms with Gasteiger partial charge in [0.25, 0.3) is 5.91 Å². The van der Waals surface area contributed by atoms with E-state index in [1.54, 1.807) is 19.1 Å². The van der Waals surface area contributed by atoms with Gasteiger partial charge in [-0.25, -0.2) is 5.43 Å². The summed E-state index contributed by atoms with van der Waals surface area (Å²) in [5.74, 6) is 0.326. The number of alkyl halides is 3. The molecule has 0 atom stereocenters. The summed E-state index contributed by atoms with van der Waals surface area (Å²) in [5.41, 5.74) is 5.31. The number of hydrogen-bond donors (Lipinski definition) is 2. The fourth-order valence-corrected chi connectivity index (χ4v) is 3.62. The molecule has 4 rings (SSSR count). The topological polar surface area (TPSA) is 74.8 Å². The largest absolute Gasteiger partial charge is 0.507 e. The van der Waals surface area contributed by atoms with Crippen molar-refractivity contribution in [2.24, 2.45) is 5.10 Å². The Kier molecular flexibility index (Phi) is 6.15. The Labute approximate surface area is 193 Å². The van der Waals surface area contributed by atoms with Gasteiger partial charge in [0, 0.05) is 28.6 Å². The predicted octanol–water partition coefficient (Wildman–Crippen LogP) is 6.48. The van der Waals surface area contributed by atoms with Crippen molar-refractivity contribution in [3.05, 3.63) is 89.2 Å². The molecule has 0 saturated heterocycles. The summed E-state index contributed by atoms with van der Waals surface area (Å²) in [5, 5.41) is 15.4. The second-order valence-electron chi connectivity index (χ2n) is 8.00. The van der Waals surface area contributed by atoms with E-state index in [-0.39, 0.29) is 11.3 Å². The number of furan rings is 1. The molecule has 0 fully saturated rings. The van der Waals surface area contributed by atoms with Crippen molar-refractivity contribution >= 4 is 22.6 Å². The van der Waals surface area contributed by atoms with Crippen molar-refractivity contribution < 1.29 is 27.5 Å². The summed E-state index contributed by atoms with van der Waals surface area (Å²) in [4.78, 5) is 12.2. The number of phenolic OH excluding ortho intramolecular Hbond substituents is 1. The van der Waals surface area contributed by atoms with Gasteiger partial charge in [0.05, 0.1) is 5.56 Å². The number of rotatable bonds is 5. The molecule has 0 aliphatic carbocycles. The van der Waals surface area contributed by atoms with Gasteiger partial charge in [0.1, 0.15) is 17.1 Å². The van der Waals surface area contributed by atoms with Gasteiger partial charge in [-0.05, 0) is 79.6 Å². The molecule has 0 bridgehead atoms. The SMILES string of the molecule is CC(Cc1ccc(O)c(-c2ccc3oc(C)cc3c2)c1)=NNC(=O)c1ccc(C(F)(F)F)cc1. The molecule has 8 heteroatoms. The molecule has 34 heavy (non-hydrogen) atoms. The van der Waals surface area contributed by atoms with E-state index in [0.29, 0.717) is 17.7 Å². The highest BCUT2D eigenvalue weighted by atomic mass is 19.4. The van der Waals surface area contributed by atoms with Crippen molar-refractivity contribution in [1.82, 2.24) is 5.43 Å². The summed E-state index contributed by atoms with van der Waals surface area (Å²) < 4.78 is 43.6. The van der Waals surface area contributed by atoms with Gasteiger partial charge in [-0.2, -0.15) is 18.3 Å². The maximum Gasteiger partial charge on any atom is 0.416 e. The van der Waals surface area contributed by atoms with Crippen LogP contribution in [0.5, 0.6) is 5.75 Å². The van der Waals surface area contributed by atoms with E-state index >= 15 is 0 Å². The first-order valence-corrected chi connectivity index (χ1v) is 10.4. The van der Waals surface area contributed by atoms with Crippen LogP contribution in [0, 0.1) is 6.92 Å². The Morgan fingerprint density at radius 3 is 2.47 bits per heavy atom. The highest BCUT2D eigenvalue weighted by Gasteiger charge is 2.30. The molecule has 1 aromatic heterocycles. The molecule has 174 valence electrons. The number of phenols is 1. The van der Waals surface area contributed by atoms with Crippen LogP contribution < -0.4 is 5.43 Å². The van der Waals surface area contributed by atoms with Crippen molar-refractivity contribution in [3.63, 3.8) is 0 Å². The number of halogens is 3. The van der Waals surface area contributed by atoms with Crippen molar-refractivity contribution in [2.75, 3.05) is 0 Å². The number of hydrazone groups is 1. The molecule has 0 spiro atoms. The number of nitrogens with one attached hydrogen (secondary N) is 1. The van der Waals surface area contributed by atoms with Crippen LogP contribution in [0.25, 0.3) is 22.1 Å². The molecular weight excluding hydrogens is 445 g/mol. The summed E-state index contributed by atoms with van der Waals surface area (Å²) in [6.07, 6.45) is -4.07. The Balaban J connectivity index is 1.47. The number of carbonyl (C=O) groups is 1. The van der Waals surface area contributed by atoms with E-state index in [1.165, 1.54) is 0 Å². The summed E-state index contributed by atoms with van der Waals surface area (Å²) in [6, 6.07) is 16.7. The van der Waals surface area contributed by atoms with Gasteiger partial charge in [0.2, 0.25) is 0 Å². The molecule has 1 heterocycles.